The summed E-state index contributed by atoms with van der Waals surface area (Å²) in [6.45, 7) is 0. The van der Waals surface area contributed by atoms with Gasteiger partial charge in [0.1, 0.15) is 0 Å². The normalized spacial score (nSPS) is 19.6. The van der Waals surface area contributed by atoms with Crippen molar-refractivity contribution < 1.29 is 4.74 Å². The molecule has 11 heavy (non-hydrogen) atoms. The summed E-state index contributed by atoms with van der Waals surface area (Å²) in [5.74, 6) is 1.64. The van der Waals surface area contributed by atoms with E-state index in [0.29, 0.717) is 0 Å². The molecule has 0 spiro atoms. The highest BCUT2D eigenvalue weighted by Crippen LogP contribution is 2.25. The first-order valence-electron chi connectivity index (χ1n) is 3.27. The second kappa shape index (κ2) is 7.87. The predicted molar refractivity (Wildman–Crippen MR) is 62.1 cm³/mol. The molecule has 0 aliphatic heterocycles. The summed E-state index contributed by atoms with van der Waals surface area (Å²) in [6, 6.07) is 0. The van der Waals surface area contributed by atoms with Crippen LogP contribution in [0.5, 0.6) is 0 Å². The molecule has 2 atom stereocenters. The van der Waals surface area contributed by atoms with Gasteiger partial charge in [-0.2, -0.15) is 0 Å². The maximum absolute atomic E-state index is 5.63. The first-order valence-corrected chi connectivity index (χ1v) is 8.66. The van der Waals surface area contributed by atoms with Gasteiger partial charge in [0.15, 0.2) is 0 Å². The van der Waals surface area contributed by atoms with E-state index >= 15 is 0 Å². The fourth-order valence-corrected chi connectivity index (χ4v) is 1.92. The monoisotopic (exact) mass is 238 g/mol. The summed E-state index contributed by atoms with van der Waals surface area (Å²) in [5.41, 5.74) is 0. The molecule has 5 heteroatoms. The van der Waals surface area contributed by atoms with E-state index in [1.54, 1.807) is 0 Å². The third-order valence-electron chi connectivity index (χ3n) is 1.03. The summed E-state index contributed by atoms with van der Waals surface area (Å²) in [4.78, 5) is 0. The minimum Gasteiger partial charge on any atom is -0.364 e. The van der Waals surface area contributed by atoms with Crippen LogP contribution in [0.4, 0.5) is 0 Å². The van der Waals surface area contributed by atoms with Gasteiger partial charge in [-0.05, 0) is 12.5 Å². The molecule has 0 aromatic rings. The van der Waals surface area contributed by atoms with Crippen LogP contribution in [0.1, 0.15) is 0 Å². The molecule has 0 fully saturated rings. The molecule has 1 nitrogen and oxygen atoms in total. The number of halogens is 2. The smallest absolute Gasteiger partial charge is 0.0764 e. The van der Waals surface area contributed by atoms with Gasteiger partial charge in [0, 0.05) is 0 Å². The first kappa shape index (κ1) is 12.2. The van der Waals surface area contributed by atoms with E-state index in [0.717, 1.165) is 22.3 Å². The van der Waals surface area contributed by atoms with Crippen LogP contribution < -0.4 is 0 Å². The van der Waals surface area contributed by atoms with Gasteiger partial charge < -0.3 is 4.74 Å². The van der Waals surface area contributed by atoms with Crippen LogP contribution in [0.25, 0.3) is 0 Å². The Balaban J connectivity index is 3.13. The van der Waals surface area contributed by atoms with Crippen molar-refractivity contribution in [2.45, 2.75) is 0 Å². The van der Waals surface area contributed by atoms with Gasteiger partial charge in [0.05, 0.1) is 22.3 Å². The Morgan fingerprint density at radius 1 is 1.00 bits per heavy atom. The molecule has 0 bridgehead atoms. The number of rotatable bonds is 6. The molecule has 0 saturated heterocycles. The van der Waals surface area contributed by atoms with E-state index in [-0.39, 0.29) is 21.8 Å². The van der Waals surface area contributed by atoms with Crippen molar-refractivity contribution in [3.8, 4) is 0 Å². The lowest BCUT2D eigenvalue weighted by Gasteiger charge is -2.16. The van der Waals surface area contributed by atoms with E-state index < -0.39 is 0 Å². The summed E-state index contributed by atoms with van der Waals surface area (Å²) in [5, 5.41) is 1.47. The zero-order valence-corrected chi connectivity index (χ0v) is 10.2. The van der Waals surface area contributed by atoms with Gasteiger partial charge in [-0.25, -0.2) is 21.8 Å². The molecule has 0 aromatic heterocycles. The standard InChI is InChI=1S/C6H16Cl2OS2/c1-10(3-7)5-9-6-11(2)4-8/h10-11H,3-6H2,1-2H3. The van der Waals surface area contributed by atoms with E-state index in [9.17, 15) is 0 Å². The second-order valence-electron chi connectivity index (χ2n) is 2.41. The molecular formula is C6H16Cl2OS2. The molecule has 0 rings (SSSR count). The Kier molecular flexibility index (Phi) is 8.75. The molecule has 0 amide bonds. The molecule has 0 radical (unpaired) electrons. The summed E-state index contributed by atoms with van der Waals surface area (Å²) in [6.07, 6.45) is 4.28. The van der Waals surface area contributed by atoms with Crippen molar-refractivity contribution in [1.29, 1.82) is 0 Å². The van der Waals surface area contributed by atoms with Crippen LogP contribution in [-0.2, 0) is 4.74 Å². The van der Waals surface area contributed by atoms with E-state index in [2.05, 4.69) is 12.5 Å². The maximum Gasteiger partial charge on any atom is 0.0764 e. The minimum atomic E-state index is -0.104. The molecule has 0 aromatic carbocycles. The molecule has 2 unspecified atom stereocenters. The van der Waals surface area contributed by atoms with Gasteiger partial charge >= 0.3 is 0 Å². The summed E-state index contributed by atoms with van der Waals surface area (Å²) in [7, 11) is -0.207. The minimum absolute atomic E-state index is 0.104. The topological polar surface area (TPSA) is 9.23 Å². The molecule has 0 aliphatic carbocycles. The van der Waals surface area contributed by atoms with Crippen LogP contribution >= 0.6 is 45.0 Å². The second-order valence-corrected chi connectivity index (χ2v) is 8.27. The van der Waals surface area contributed by atoms with Crippen LogP contribution in [0, 0.1) is 0 Å². The molecule has 0 N–H and O–H groups in total. The summed E-state index contributed by atoms with van der Waals surface area (Å²) < 4.78 is 5.43. The lowest BCUT2D eigenvalue weighted by atomic mass is 11.5. The van der Waals surface area contributed by atoms with Crippen LogP contribution in [0.15, 0.2) is 0 Å². The number of hydrogen-bond donors (Lipinski definition) is 2. The molecule has 0 aliphatic rings. The average molecular weight is 239 g/mol. The van der Waals surface area contributed by atoms with Crippen molar-refractivity contribution in [3.63, 3.8) is 0 Å². The Labute approximate surface area is 84.5 Å². The Morgan fingerprint density at radius 2 is 1.36 bits per heavy atom. The van der Waals surface area contributed by atoms with Gasteiger partial charge in [-0.15, -0.1) is 23.2 Å². The first-order chi connectivity index (χ1) is 5.20. The predicted octanol–water partition coefficient (Wildman–Crippen LogP) is 2.57. The van der Waals surface area contributed by atoms with Gasteiger partial charge in [-0.1, -0.05) is 0 Å². The van der Waals surface area contributed by atoms with Crippen LogP contribution in [0.2, 0.25) is 0 Å². The fraction of sp³-hybridized carbons (Fsp3) is 1.00. The molecule has 0 heterocycles. The van der Waals surface area contributed by atoms with E-state index in [4.69, 9.17) is 27.9 Å². The number of ether oxygens (including phenoxy) is 1. The largest absolute Gasteiger partial charge is 0.364 e. The highest BCUT2D eigenvalue weighted by molar-refractivity contribution is 8.17. The summed E-state index contributed by atoms with van der Waals surface area (Å²) >= 11 is 11.3. The zero-order chi connectivity index (χ0) is 8.69. The SMILES string of the molecule is C[SH](CCl)COC[SH](C)CCl. The van der Waals surface area contributed by atoms with E-state index in [1.165, 1.54) is 0 Å². The van der Waals surface area contributed by atoms with Gasteiger partial charge in [0.25, 0.3) is 0 Å². The molecule has 0 saturated carbocycles. The van der Waals surface area contributed by atoms with Gasteiger partial charge in [-0.3, -0.25) is 0 Å². The molecular weight excluding hydrogens is 223 g/mol. The Hall–Kier alpha value is 1.24. The van der Waals surface area contributed by atoms with Gasteiger partial charge in [0.2, 0.25) is 0 Å². The van der Waals surface area contributed by atoms with Crippen molar-refractivity contribution in [1.82, 2.24) is 0 Å². The van der Waals surface area contributed by atoms with Crippen molar-refractivity contribution in [3.05, 3.63) is 0 Å². The quantitative estimate of drug-likeness (QED) is 0.535. The third-order valence-corrected chi connectivity index (χ3v) is 5.54. The van der Waals surface area contributed by atoms with Crippen LogP contribution in [0.3, 0.4) is 0 Å². The van der Waals surface area contributed by atoms with E-state index in [1.807, 2.05) is 0 Å². The maximum atomic E-state index is 5.63. The lowest BCUT2D eigenvalue weighted by molar-refractivity contribution is 0.238. The average Bonchev–Trinajstić information content (AvgIpc) is 2.04. The lowest BCUT2D eigenvalue weighted by Crippen LogP contribution is -1.98. The number of alkyl halides is 2. The Bertz CT molecular complexity index is 84.7. The number of hydrogen-bond acceptors (Lipinski definition) is 1. The highest BCUT2D eigenvalue weighted by Gasteiger charge is 1.97. The zero-order valence-electron chi connectivity index (χ0n) is 6.89. The van der Waals surface area contributed by atoms with Crippen molar-refractivity contribution in [2.24, 2.45) is 0 Å². The molecule has 72 valence electrons. The highest BCUT2D eigenvalue weighted by atomic mass is 35.5. The number of thiol groups is 2. The van der Waals surface area contributed by atoms with Crippen molar-refractivity contribution >= 4 is 45.0 Å². The van der Waals surface area contributed by atoms with Crippen LogP contribution in [-0.4, -0.2) is 34.8 Å². The third kappa shape index (κ3) is 7.60. The van der Waals surface area contributed by atoms with Crippen molar-refractivity contribution in [2.75, 3.05) is 34.8 Å². The Morgan fingerprint density at radius 3 is 1.64 bits per heavy atom. The fourth-order valence-electron chi connectivity index (χ4n) is 0.422.